The predicted molar refractivity (Wildman–Crippen MR) is 79.4 cm³/mol. The van der Waals surface area contributed by atoms with Crippen molar-refractivity contribution in [3.05, 3.63) is 33.9 Å². The van der Waals surface area contributed by atoms with Crippen LogP contribution in [0, 0.1) is 16.0 Å². The van der Waals surface area contributed by atoms with Gasteiger partial charge in [0.2, 0.25) is 0 Å². The van der Waals surface area contributed by atoms with Crippen molar-refractivity contribution in [1.82, 2.24) is 4.90 Å². The molecule has 2 fully saturated rings. The van der Waals surface area contributed by atoms with Gasteiger partial charge >= 0.3 is 0 Å². The van der Waals surface area contributed by atoms with Crippen LogP contribution >= 0.6 is 0 Å². The fourth-order valence-electron chi connectivity index (χ4n) is 2.54. The van der Waals surface area contributed by atoms with Crippen LogP contribution in [0.25, 0.3) is 0 Å². The van der Waals surface area contributed by atoms with Gasteiger partial charge in [0.15, 0.2) is 0 Å². The largest absolute Gasteiger partial charge is 0.388 e. The molecule has 0 heterocycles. The van der Waals surface area contributed by atoms with Gasteiger partial charge in [0.1, 0.15) is 5.56 Å². The fourth-order valence-corrected chi connectivity index (χ4v) is 2.54. The number of carbonyl (C=O) groups excluding carboxylic acids is 1. The molecule has 0 spiro atoms. The number of anilines is 1. The van der Waals surface area contributed by atoms with Gasteiger partial charge in [-0.1, -0.05) is 0 Å². The highest BCUT2D eigenvalue weighted by Gasteiger charge is 2.38. The maximum absolute atomic E-state index is 12.8. The Labute approximate surface area is 123 Å². The van der Waals surface area contributed by atoms with E-state index in [4.69, 9.17) is 0 Å². The Kier molecular flexibility index (Phi) is 3.53. The van der Waals surface area contributed by atoms with Crippen LogP contribution in [-0.4, -0.2) is 35.4 Å². The van der Waals surface area contributed by atoms with Crippen molar-refractivity contribution in [2.24, 2.45) is 5.92 Å². The minimum atomic E-state index is -0.477. The summed E-state index contributed by atoms with van der Waals surface area (Å²) in [6.07, 6.45) is 4.35. The summed E-state index contributed by atoms with van der Waals surface area (Å²) in [7, 11) is 1.73. The second-order valence-corrected chi connectivity index (χ2v) is 5.87. The van der Waals surface area contributed by atoms with Gasteiger partial charge in [0.05, 0.1) is 4.92 Å². The van der Waals surface area contributed by atoms with E-state index in [0.29, 0.717) is 11.6 Å². The number of nitro benzene ring substituents is 1. The van der Waals surface area contributed by atoms with E-state index >= 15 is 0 Å². The number of amides is 1. The first-order valence-corrected chi connectivity index (χ1v) is 7.37. The van der Waals surface area contributed by atoms with Gasteiger partial charge in [0.25, 0.3) is 11.6 Å². The van der Waals surface area contributed by atoms with Gasteiger partial charge in [-0.15, -0.1) is 0 Å². The second-order valence-electron chi connectivity index (χ2n) is 5.87. The third-order valence-electron chi connectivity index (χ3n) is 4.11. The van der Waals surface area contributed by atoms with Crippen LogP contribution in [0.5, 0.6) is 0 Å². The summed E-state index contributed by atoms with van der Waals surface area (Å²) in [6, 6.07) is 4.89. The van der Waals surface area contributed by atoms with Crippen LogP contribution in [0.3, 0.4) is 0 Å². The van der Waals surface area contributed by atoms with E-state index in [1.54, 1.807) is 19.2 Å². The lowest BCUT2D eigenvalue weighted by atomic mass is 10.1. The van der Waals surface area contributed by atoms with E-state index in [2.05, 4.69) is 5.32 Å². The van der Waals surface area contributed by atoms with Gasteiger partial charge in [-0.3, -0.25) is 14.9 Å². The van der Waals surface area contributed by atoms with E-state index in [-0.39, 0.29) is 23.2 Å². The van der Waals surface area contributed by atoms with E-state index in [1.807, 2.05) is 4.90 Å². The summed E-state index contributed by atoms with van der Waals surface area (Å²) in [5.41, 5.74) is 0.797. The quantitative estimate of drug-likeness (QED) is 0.645. The highest BCUT2D eigenvalue weighted by Crippen LogP contribution is 2.36. The molecule has 1 N–H and O–H groups in total. The van der Waals surface area contributed by atoms with Gasteiger partial charge in [-0.05, 0) is 43.7 Å². The molecule has 0 radical (unpaired) electrons. The van der Waals surface area contributed by atoms with Crippen molar-refractivity contribution in [1.29, 1.82) is 0 Å². The Morgan fingerprint density at radius 3 is 2.62 bits per heavy atom. The van der Waals surface area contributed by atoms with Gasteiger partial charge in [-0.25, -0.2) is 0 Å². The Morgan fingerprint density at radius 1 is 1.38 bits per heavy atom. The molecule has 3 rings (SSSR count). The number of nitrogens with zero attached hydrogens (tertiary/aromatic N) is 2. The molecule has 112 valence electrons. The van der Waals surface area contributed by atoms with Crippen molar-refractivity contribution in [2.45, 2.75) is 31.7 Å². The number of nitrogens with one attached hydrogen (secondary N) is 1. The summed E-state index contributed by atoms with van der Waals surface area (Å²) < 4.78 is 0. The normalized spacial score (nSPS) is 17.4. The Balaban J connectivity index is 1.91. The summed E-state index contributed by atoms with van der Waals surface area (Å²) in [6.45, 7) is 0.741. The van der Waals surface area contributed by atoms with E-state index in [0.717, 1.165) is 32.2 Å². The first kappa shape index (κ1) is 13.9. The molecule has 0 bridgehead atoms. The molecule has 6 nitrogen and oxygen atoms in total. The molecular formula is C15H19N3O3. The monoisotopic (exact) mass is 289 g/mol. The average Bonchev–Trinajstić information content (AvgIpc) is 3.36. The number of benzene rings is 1. The number of hydrogen-bond acceptors (Lipinski definition) is 4. The zero-order valence-corrected chi connectivity index (χ0v) is 12.0. The summed E-state index contributed by atoms with van der Waals surface area (Å²) >= 11 is 0. The Bertz CT molecular complexity index is 580. The molecule has 0 aromatic heterocycles. The van der Waals surface area contributed by atoms with Crippen molar-refractivity contribution in [2.75, 3.05) is 18.9 Å². The van der Waals surface area contributed by atoms with Crippen molar-refractivity contribution in [3.8, 4) is 0 Å². The van der Waals surface area contributed by atoms with Crippen LogP contribution in [0.4, 0.5) is 11.4 Å². The van der Waals surface area contributed by atoms with Crippen molar-refractivity contribution in [3.63, 3.8) is 0 Å². The molecule has 0 unspecified atom stereocenters. The molecule has 2 aliphatic rings. The smallest absolute Gasteiger partial charge is 0.282 e. The lowest BCUT2D eigenvalue weighted by molar-refractivity contribution is -0.385. The molecule has 2 aliphatic carbocycles. The maximum atomic E-state index is 12.8. The van der Waals surface area contributed by atoms with Crippen LogP contribution in [-0.2, 0) is 0 Å². The molecule has 0 aliphatic heterocycles. The van der Waals surface area contributed by atoms with Crippen LogP contribution < -0.4 is 5.32 Å². The summed E-state index contributed by atoms with van der Waals surface area (Å²) in [4.78, 5) is 25.3. The highest BCUT2D eigenvalue weighted by atomic mass is 16.6. The molecule has 21 heavy (non-hydrogen) atoms. The third-order valence-corrected chi connectivity index (χ3v) is 4.11. The number of carbonyl (C=O) groups is 1. The molecule has 1 aromatic carbocycles. The van der Waals surface area contributed by atoms with Gasteiger partial charge in [-0.2, -0.15) is 0 Å². The lowest BCUT2D eigenvalue weighted by Gasteiger charge is -2.22. The fraction of sp³-hybridized carbons (Fsp3) is 0.533. The topological polar surface area (TPSA) is 75.5 Å². The Hall–Kier alpha value is -2.11. The first-order valence-electron chi connectivity index (χ1n) is 7.37. The minimum Gasteiger partial charge on any atom is -0.388 e. The standard InChI is InChI=1S/C15H19N3O3/c1-16-11-4-7-14(18(20)21)13(8-11)15(19)17(12-5-6-12)9-10-2-3-10/h4,7-8,10,12,16H,2-3,5-6,9H2,1H3. The van der Waals surface area contributed by atoms with E-state index in [9.17, 15) is 14.9 Å². The predicted octanol–water partition coefficient (Wildman–Crippen LogP) is 2.65. The lowest BCUT2D eigenvalue weighted by Crippen LogP contribution is -2.35. The molecule has 2 saturated carbocycles. The van der Waals surface area contributed by atoms with E-state index < -0.39 is 4.92 Å². The number of hydrogen-bond donors (Lipinski definition) is 1. The van der Waals surface area contributed by atoms with E-state index in [1.165, 1.54) is 6.07 Å². The first-order chi connectivity index (χ1) is 10.1. The van der Waals surface area contributed by atoms with Crippen LogP contribution in [0.2, 0.25) is 0 Å². The maximum Gasteiger partial charge on any atom is 0.282 e. The van der Waals surface area contributed by atoms with Crippen LogP contribution in [0.1, 0.15) is 36.0 Å². The molecular weight excluding hydrogens is 270 g/mol. The minimum absolute atomic E-state index is 0.111. The van der Waals surface area contributed by atoms with Crippen LogP contribution in [0.15, 0.2) is 18.2 Å². The van der Waals surface area contributed by atoms with Gasteiger partial charge < -0.3 is 10.2 Å². The highest BCUT2D eigenvalue weighted by molar-refractivity contribution is 5.99. The number of nitro groups is 1. The van der Waals surface area contributed by atoms with Crippen molar-refractivity contribution < 1.29 is 9.72 Å². The molecule has 0 atom stereocenters. The van der Waals surface area contributed by atoms with Gasteiger partial charge in [0, 0.05) is 31.4 Å². The summed E-state index contributed by atoms with van der Waals surface area (Å²) in [5, 5.41) is 14.1. The zero-order valence-electron chi connectivity index (χ0n) is 12.0. The third kappa shape index (κ3) is 2.99. The second kappa shape index (κ2) is 5.35. The Morgan fingerprint density at radius 2 is 2.10 bits per heavy atom. The molecule has 6 heteroatoms. The van der Waals surface area contributed by atoms with Crippen molar-refractivity contribution >= 4 is 17.3 Å². The SMILES string of the molecule is CNc1ccc([N+](=O)[O-])c(C(=O)N(CC2CC2)C2CC2)c1. The molecule has 1 amide bonds. The zero-order chi connectivity index (χ0) is 15.0. The molecule has 1 aromatic rings. The number of rotatable bonds is 6. The average molecular weight is 289 g/mol. The summed E-state index contributed by atoms with van der Waals surface area (Å²) in [5.74, 6) is 0.384. The molecule has 0 saturated heterocycles.